The fraction of sp³-hybridized carbons (Fsp3) is 0.909. The van der Waals surface area contributed by atoms with Crippen molar-refractivity contribution in [2.24, 2.45) is 0 Å². The van der Waals surface area contributed by atoms with E-state index in [0.29, 0.717) is 25.3 Å². The van der Waals surface area contributed by atoms with Gasteiger partial charge in [0.1, 0.15) is 15.6 Å². The number of nitrogens with one attached hydrogen (secondary N) is 1. The molecule has 0 aliphatic rings. The van der Waals surface area contributed by atoms with Crippen LogP contribution in [0.15, 0.2) is 0 Å². The topological polar surface area (TPSA) is 63.2 Å². The molecule has 0 saturated carbocycles. The summed E-state index contributed by atoms with van der Waals surface area (Å²) < 4.78 is 21.7. The number of carbonyl (C=O) groups excluding carboxylic acids is 1. The number of rotatable bonds is 9. The Balaban J connectivity index is 3.46. The molecule has 0 aromatic carbocycles. The van der Waals surface area contributed by atoms with Gasteiger partial charge in [-0.3, -0.25) is 4.79 Å². The molecular weight excluding hydrogens is 226 g/mol. The number of Topliss-reactive ketones (excluding diaryl/α,β-unsaturated/α-hetero) is 1. The molecule has 0 saturated heterocycles. The van der Waals surface area contributed by atoms with Crippen LogP contribution in [0.4, 0.5) is 0 Å². The number of carbonyl (C=O) groups is 1. The molecule has 0 rings (SSSR count). The molecule has 0 aliphatic carbocycles. The summed E-state index contributed by atoms with van der Waals surface area (Å²) in [5.41, 5.74) is 0. The van der Waals surface area contributed by atoms with E-state index in [2.05, 4.69) is 19.2 Å². The summed E-state index contributed by atoms with van der Waals surface area (Å²) in [5, 5.41) is 3.23. The van der Waals surface area contributed by atoms with E-state index in [9.17, 15) is 13.2 Å². The van der Waals surface area contributed by atoms with E-state index < -0.39 is 9.84 Å². The molecule has 0 aromatic heterocycles. The van der Waals surface area contributed by atoms with E-state index in [1.54, 1.807) is 0 Å². The van der Waals surface area contributed by atoms with Gasteiger partial charge in [-0.2, -0.15) is 0 Å². The summed E-state index contributed by atoms with van der Waals surface area (Å²) in [4.78, 5) is 11.4. The van der Waals surface area contributed by atoms with Crippen molar-refractivity contribution in [3.63, 3.8) is 0 Å². The summed E-state index contributed by atoms with van der Waals surface area (Å²) in [5.74, 6) is 0.275. The van der Waals surface area contributed by atoms with Crippen molar-refractivity contribution in [1.82, 2.24) is 5.32 Å². The second kappa shape index (κ2) is 7.79. The van der Waals surface area contributed by atoms with Gasteiger partial charge in [0.25, 0.3) is 0 Å². The predicted molar refractivity (Wildman–Crippen MR) is 66.3 cm³/mol. The van der Waals surface area contributed by atoms with Gasteiger partial charge in [-0.15, -0.1) is 0 Å². The minimum atomic E-state index is -2.92. The van der Waals surface area contributed by atoms with Crippen LogP contribution in [0.2, 0.25) is 0 Å². The van der Waals surface area contributed by atoms with Gasteiger partial charge in [0.2, 0.25) is 0 Å². The predicted octanol–water partition coefficient (Wildman–Crippen LogP) is 1.16. The minimum absolute atomic E-state index is 0.114. The molecule has 0 aromatic rings. The summed E-state index contributed by atoms with van der Waals surface area (Å²) >= 11 is 0. The first kappa shape index (κ1) is 15.6. The van der Waals surface area contributed by atoms with Crippen LogP contribution in [0.1, 0.15) is 39.5 Å². The second-order valence-corrected chi connectivity index (χ2v) is 6.74. The van der Waals surface area contributed by atoms with Crippen LogP contribution in [0.25, 0.3) is 0 Å². The standard InChI is InChI=1S/C11H23NO3S/c1-10(2)12-8-4-6-11(13)7-5-9-16(3,14)15/h10,12H,4-9H2,1-3H3. The van der Waals surface area contributed by atoms with Crippen LogP contribution in [0.5, 0.6) is 0 Å². The molecule has 1 N–H and O–H groups in total. The molecular formula is C11H23NO3S. The van der Waals surface area contributed by atoms with Crippen molar-refractivity contribution in [2.45, 2.75) is 45.6 Å². The maximum absolute atomic E-state index is 11.4. The quantitative estimate of drug-likeness (QED) is 0.623. The van der Waals surface area contributed by atoms with Crippen molar-refractivity contribution in [3.8, 4) is 0 Å². The first-order valence-corrected chi connectivity index (χ1v) is 7.80. The monoisotopic (exact) mass is 249 g/mol. The van der Waals surface area contributed by atoms with Crippen LogP contribution >= 0.6 is 0 Å². The lowest BCUT2D eigenvalue weighted by atomic mass is 10.1. The molecule has 96 valence electrons. The normalized spacial score (nSPS) is 12.0. The number of sulfone groups is 1. The average molecular weight is 249 g/mol. The molecule has 0 radical (unpaired) electrons. The van der Waals surface area contributed by atoms with E-state index in [-0.39, 0.29) is 11.5 Å². The highest BCUT2D eigenvalue weighted by Gasteiger charge is 2.06. The Morgan fingerprint density at radius 3 is 2.25 bits per heavy atom. The highest BCUT2D eigenvalue weighted by atomic mass is 32.2. The van der Waals surface area contributed by atoms with Crippen LogP contribution in [0.3, 0.4) is 0 Å². The third-order valence-electron chi connectivity index (χ3n) is 2.16. The maximum atomic E-state index is 11.4. The van der Waals surface area contributed by atoms with E-state index in [1.807, 2.05) is 0 Å². The number of ketones is 1. The molecule has 0 spiro atoms. The summed E-state index contributed by atoms with van der Waals surface area (Å²) in [7, 11) is -2.92. The van der Waals surface area contributed by atoms with E-state index in [4.69, 9.17) is 0 Å². The van der Waals surface area contributed by atoms with Crippen molar-refractivity contribution >= 4 is 15.6 Å². The third kappa shape index (κ3) is 11.7. The van der Waals surface area contributed by atoms with E-state index in [1.165, 1.54) is 6.26 Å². The van der Waals surface area contributed by atoms with Crippen molar-refractivity contribution in [1.29, 1.82) is 0 Å². The summed E-state index contributed by atoms with van der Waals surface area (Å²) in [6.45, 7) is 4.97. The number of hydrogen-bond acceptors (Lipinski definition) is 4. The molecule has 0 aliphatic heterocycles. The Morgan fingerprint density at radius 1 is 1.19 bits per heavy atom. The van der Waals surface area contributed by atoms with Crippen LogP contribution in [-0.4, -0.2) is 38.8 Å². The maximum Gasteiger partial charge on any atom is 0.147 e. The lowest BCUT2D eigenvalue weighted by molar-refractivity contribution is -0.119. The fourth-order valence-electron chi connectivity index (χ4n) is 1.33. The second-order valence-electron chi connectivity index (χ2n) is 4.48. The summed E-state index contributed by atoms with van der Waals surface area (Å²) in [6, 6.07) is 0.445. The Kier molecular flexibility index (Phi) is 7.58. The largest absolute Gasteiger partial charge is 0.315 e. The smallest absolute Gasteiger partial charge is 0.147 e. The van der Waals surface area contributed by atoms with E-state index >= 15 is 0 Å². The molecule has 5 heteroatoms. The summed E-state index contributed by atoms with van der Waals surface area (Å²) in [6.07, 6.45) is 3.41. The van der Waals surface area contributed by atoms with Crippen molar-refractivity contribution in [2.75, 3.05) is 18.6 Å². The highest BCUT2D eigenvalue weighted by Crippen LogP contribution is 2.00. The van der Waals surface area contributed by atoms with Crippen LogP contribution < -0.4 is 5.32 Å². The zero-order valence-corrected chi connectivity index (χ0v) is 11.3. The minimum Gasteiger partial charge on any atom is -0.315 e. The molecule has 4 nitrogen and oxygen atoms in total. The molecule has 0 heterocycles. The van der Waals surface area contributed by atoms with E-state index in [0.717, 1.165) is 13.0 Å². The molecule has 0 atom stereocenters. The lowest BCUT2D eigenvalue weighted by Crippen LogP contribution is -2.24. The number of hydrogen-bond donors (Lipinski definition) is 1. The zero-order valence-electron chi connectivity index (χ0n) is 10.5. The average Bonchev–Trinajstić information content (AvgIpc) is 2.10. The first-order chi connectivity index (χ1) is 7.31. The van der Waals surface area contributed by atoms with Gasteiger partial charge >= 0.3 is 0 Å². The van der Waals surface area contributed by atoms with Gasteiger partial charge in [0.15, 0.2) is 0 Å². The molecule has 16 heavy (non-hydrogen) atoms. The van der Waals surface area contributed by atoms with Crippen molar-refractivity contribution < 1.29 is 13.2 Å². The Morgan fingerprint density at radius 2 is 1.75 bits per heavy atom. The molecule has 0 fully saturated rings. The molecule has 0 bridgehead atoms. The Labute approximate surface area is 98.7 Å². The molecule has 0 unspecified atom stereocenters. The van der Waals surface area contributed by atoms with Gasteiger partial charge in [0.05, 0.1) is 5.75 Å². The lowest BCUT2D eigenvalue weighted by Gasteiger charge is -2.06. The van der Waals surface area contributed by atoms with Gasteiger partial charge < -0.3 is 5.32 Å². The van der Waals surface area contributed by atoms with Crippen LogP contribution in [0, 0.1) is 0 Å². The van der Waals surface area contributed by atoms with Gasteiger partial charge in [-0.25, -0.2) is 8.42 Å². The van der Waals surface area contributed by atoms with Gasteiger partial charge in [-0.05, 0) is 19.4 Å². The fourth-order valence-corrected chi connectivity index (χ4v) is 2.00. The highest BCUT2D eigenvalue weighted by molar-refractivity contribution is 7.90. The van der Waals surface area contributed by atoms with Gasteiger partial charge in [0, 0.05) is 25.1 Å². The Hall–Kier alpha value is -0.420. The zero-order chi connectivity index (χ0) is 12.6. The molecule has 0 amide bonds. The Bertz CT molecular complexity index is 296. The third-order valence-corrected chi connectivity index (χ3v) is 3.19. The SMILES string of the molecule is CC(C)NCCCC(=O)CCCS(C)(=O)=O. The van der Waals surface area contributed by atoms with Crippen molar-refractivity contribution in [3.05, 3.63) is 0 Å². The van der Waals surface area contributed by atoms with Crippen LogP contribution in [-0.2, 0) is 14.6 Å². The first-order valence-electron chi connectivity index (χ1n) is 5.74. The van der Waals surface area contributed by atoms with Gasteiger partial charge in [-0.1, -0.05) is 13.8 Å².